The van der Waals surface area contributed by atoms with Crippen molar-refractivity contribution in [3.05, 3.63) is 36.4 Å². The zero-order valence-electron chi connectivity index (χ0n) is 8.68. The predicted molar refractivity (Wildman–Crippen MR) is 58.7 cm³/mol. The van der Waals surface area contributed by atoms with Crippen molar-refractivity contribution in [3.63, 3.8) is 0 Å². The van der Waals surface area contributed by atoms with Crippen molar-refractivity contribution in [2.45, 2.75) is 11.5 Å². The van der Waals surface area contributed by atoms with E-state index in [4.69, 9.17) is 10.2 Å². The number of nitrogens with two attached hydrogens (primary N) is 1. The molecule has 2 rings (SSSR count). The van der Waals surface area contributed by atoms with Gasteiger partial charge in [0.1, 0.15) is 12.9 Å². The third kappa shape index (κ3) is 2.33. The number of nitrogens with zero attached hydrogens (tertiary/aromatic N) is 3. The van der Waals surface area contributed by atoms with Crippen LogP contribution in [0.3, 0.4) is 0 Å². The Balaban J connectivity index is 2.55. The van der Waals surface area contributed by atoms with Crippen LogP contribution in [0.15, 0.2) is 35.5 Å². The van der Waals surface area contributed by atoms with Gasteiger partial charge in [0.15, 0.2) is 5.82 Å². The van der Waals surface area contributed by atoms with Crippen LogP contribution in [0.2, 0.25) is 0 Å². The van der Waals surface area contributed by atoms with Gasteiger partial charge in [-0.05, 0) is 18.2 Å². The van der Waals surface area contributed by atoms with E-state index in [1.807, 2.05) is 0 Å². The summed E-state index contributed by atoms with van der Waals surface area (Å²) < 4.78 is 23.9. The maximum Gasteiger partial charge on any atom is 0.238 e. The Hall–Kier alpha value is -1.77. The van der Waals surface area contributed by atoms with Crippen LogP contribution in [0.4, 0.5) is 0 Å². The lowest BCUT2D eigenvalue weighted by atomic mass is 10.3. The summed E-state index contributed by atoms with van der Waals surface area (Å²) in [4.78, 5) is -0.00686. The number of rotatable bonds is 3. The molecular formula is C9H10N4O3S. The molecular weight excluding hydrogens is 244 g/mol. The van der Waals surface area contributed by atoms with E-state index in [0.717, 1.165) is 0 Å². The van der Waals surface area contributed by atoms with Gasteiger partial charge in [0.2, 0.25) is 10.0 Å². The average Bonchev–Trinajstić information content (AvgIpc) is 2.76. The maximum absolute atomic E-state index is 11.2. The van der Waals surface area contributed by atoms with Crippen LogP contribution >= 0.6 is 0 Å². The maximum atomic E-state index is 11.2. The van der Waals surface area contributed by atoms with Gasteiger partial charge in [0.25, 0.3) is 0 Å². The molecule has 8 heteroatoms. The van der Waals surface area contributed by atoms with Crippen molar-refractivity contribution in [1.29, 1.82) is 0 Å². The largest absolute Gasteiger partial charge is 0.388 e. The number of aliphatic hydroxyl groups excluding tert-OH is 1. The van der Waals surface area contributed by atoms with Crippen molar-refractivity contribution in [2.75, 3.05) is 0 Å². The Labute approximate surface area is 97.6 Å². The Morgan fingerprint density at radius 3 is 2.82 bits per heavy atom. The highest BCUT2D eigenvalue weighted by atomic mass is 32.2. The topological polar surface area (TPSA) is 111 Å². The number of benzene rings is 1. The molecule has 1 heterocycles. The minimum atomic E-state index is -3.75. The lowest BCUT2D eigenvalue weighted by Crippen LogP contribution is -2.12. The summed E-state index contributed by atoms with van der Waals surface area (Å²) in [6, 6.07) is 5.99. The molecule has 2 aromatic rings. The van der Waals surface area contributed by atoms with Gasteiger partial charge in [0.05, 0.1) is 4.90 Å². The Bertz CT molecular complexity index is 635. The van der Waals surface area contributed by atoms with E-state index in [1.54, 1.807) is 12.1 Å². The van der Waals surface area contributed by atoms with Gasteiger partial charge in [-0.2, -0.15) is 0 Å². The molecule has 0 spiro atoms. The van der Waals surface area contributed by atoms with Crippen molar-refractivity contribution >= 4 is 10.0 Å². The average molecular weight is 254 g/mol. The van der Waals surface area contributed by atoms with Crippen LogP contribution in [-0.2, 0) is 16.6 Å². The van der Waals surface area contributed by atoms with E-state index in [9.17, 15) is 8.42 Å². The second-order valence-corrected chi connectivity index (χ2v) is 4.88. The number of aromatic nitrogens is 3. The Morgan fingerprint density at radius 1 is 1.41 bits per heavy atom. The van der Waals surface area contributed by atoms with E-state index in [0.29, 0.717) is 11.5 Å². The Kier molecular flexibility index (Phi) is 2.92. The van der Waals surface area contributed by atoms with Crippen LogP contribution in [0.1, 0.15) is 5.82 Å². The summed E-state index contributed by atoms with van der Waals surface area (Å²) in [6.45, 7) is -0.292. The van der Waals surface area contributed by atoms with Crippen LogP contribution in [-0.4, -0.2) is 28.3 Å². The van der Waals surface area contributed by atoms with Crippen LogP contribution in [0, 0.1) is 0 Å². The van der Waals surface area contributed by atoms with Crippen molar-refractivity contribution in [3.8, 4) is 5.69 Å². The van der Waals surface area contributed by atoms with Gasteiger partial charge in [0, 0.05) is 5.69 Å². The summed E-state index contributed by atoms with van der Waals surface area (Å²) in [5.74, 6) is 0.316. The molecule has 1 aromatic heterocycles. The highest BCUT2D eigenvalue weighted by Gasteiger charge is 2.10. The SMILES string of the molecule is NS(=O)(=O)c1cccc(-n2cnnc2CO)c1. The first-order valence-corrected chi connectivity index (χ1v) is 6.20. The second kappa shape index (κ2) is 4.24. The van der Waals surface area contributed by atoms with E-state index < -0.39 is 10.0 Å². The lowest BCUT2D eigenvalue weighted by Gasteiger charge is -2.06. The van der Waals surface area contributed by atoms with Crippen molar-refractivity contribution in [2.24, 2.45) is 5.14 Å². The van der Waals surface area contributed by atoms with Crippen LogP contribution < -0.4 is 5.14 Å². The molecule has 0 atom stereocenters. The third-order valence-electron chi connectivity index (χ3n) is 2.18. The summed E-state index contributed by atoms with van der Waals surface area (Å²) in [7, 11) is -3.75. The lowest BCUT2D eigenvalue weighted by molar-refractivity contribution is 0.269. The summed E-state index contributed by atoms with van der Waals surface area (Å²) >= 11 is 0. The molecule has 0 unspecified atom stereocenters. The molecule has 0 aliphatic heterocycles. The van der Waals surface area contributed by atoms with Crippen molar-refractivity contribution < 1.29 is 13.5 Å². The van der Waals surface area contributed by atoms with Gasteiger partial charge in [-0.15, -0.1) is 10.2 Å². The van der Waals surface area contributed by atoms with E-state index in [2.05, 4.69) is 10.2 Å². The first-order chi connectivity index (χ1) is 8.02. The predicted octanol–water partition coefficient (Wildman–Crippen LogP) is -0.593. The monoisotopic (exact) mass is 254 g/mol. The molecule has 0 saturated heterocycles. The smallest absolute Gasteiger partial charge is 0.238 e. The van der Waals surface area contributed by atoms with Gasteiger partial charge in [-0.1, -0.05) is 6.07 Å². The summed E-state index contributed by atoms with van der Waals surface area (Å²) in [5.41, 5.74) is 0.519. The minimum Gasteiger partial charge on any atom is -0.388 e. The highest BCUT2D eigenvalue weighted by Crippen LogP contribution is 2.14. The first-order valence-electron chi connectivity index (χ1n) is 4.65. The number of hydrogen-bond acceptors (Lipinski definition) is 5. The molecule has 0 radical (unpaired) electrons. The van der Waals surface area contributed by atoms with Gasteiger partial charge in [-0.25, -0.2) is 13.6 Å². The molecule has 0 aliphatic carbocycles. The molecule has 0 fully saturated rings. The second-order valence-electron chi connectivity index (χ2n) is 3.32. The normalized spacial score (nSPS) is 11.6. The van der Waals surface area contributed by atoms with Crippen LogP contribution in [0.5, 0.6) is 0 Å². The van der Waals surface area contributed by atoms with E-state index in [1.165, 1.54) is 23.0 Å². The molecule has 0 saturated carbocycles. The van der Waals surface area contributed by atoms with E-state index in [-0.39, 0.29) is 11.5 Å². The standard InChI is InChI=1S/C9H10N4O3S/c10-17(15,16)8-3-1-2-7(4-8)13-6-11-12-9(13)5-14/h1-4,6,14H,5H2,(H2,10,15,16). The minimum absolute atomic E-state index is 0.00686. The quantitative estimate of drug-likeness (QED) is 0.760. The fraction of sp³-hybridized carbons (Fsp3) is 0.111. The van der Waals surface area contributed by atoms with Crippen molar-refractivity contribution in [1.82, 2.24) is 14.8 Å². The molecule has 1 aromatic carbocycles. The van der Waals surface area contributed by atoms with E-state index >= 15 is 0 Å². The molecule has 3 N–H and O–H groups in total. The number of hydrogen-bond donors (Lipinski definition) is 2. The summed E-state index contributed by atoms with van der Waals surface area (Å²) in [5, 5.41) is 21.4. The fourth-order valence-electron chi connectivity index (χ4n) is 1.39. The molecule has 0 aliphatic rings. The highest BCUT2D eigenvalue weighted by molar-refractivity contribution is 7.89. The van der Waals surface area contributed by atoms with Gasteiger partial charge < -0.3 is 5.11 Å². The molecule has 17 heavy (non-hydrogen) atoms. The summed E-state index contributed by atoms with van der Waals surface area (Å²) in [6.07, 6.45) is 1.38. The van der Waals surface area contributed by atoms with Gasteiger partial charge >= 0.3 is 0 Å². The molecule has 0 bridgehead atoms. The van der Waals surface area contributed by atoms with Crippen LogP contribution in [0.25, 0.3) is 5.69 Å². The first kappa shape index (κ1) is 11.7. The molecule has 7 nitrogen and oxygen atoms in total. The Morgan fingerprint density at radius 2 is 2.18 bits per heavy atom. The van der Waals surface area contributed by atoms with Gasteiger partial charge in [-0.3, -0.25) is 4.57 Å². The number of aliphatic hydroxyl groups is 1. The number of sulfonamides is 1. The number of primary sulfonamides is 1. The zero-order chi connectivity index (χ0) is 12.5. The fourth-order valence-corrected chi connectivity index (χ4v) is 1.95. The zero-order valence-corrected chi connectivity index (χ0v) is 9.50. The molecule has 90 valence electrons. The third-order valence-corrected chi connectivity index (χ3v) is 3.10. The molecule has 0 amide bonds.